The van der Waals surface area contributed by atoms with E-state index in [-0.39, 0.29) is 17.9 Å². The molecule has 30 heavy (non-hydrogen) atoms. The molecule has 0 aliphatic rings. The number of amides is 1. The van der Waals surface area contributed by atoms with Crippen molar-refractivity contribution in [1.29, 1.82) is 0 Å². The van der Waals surface area contributed by atoms with Gasteiger partial charge in [0, 0.05) is 19.4 Å². The molecule has 158 valence electrons. The Labute approximate surface area is 177 Å². The minimum Gasteiger partial charge on any atom is -0.497 e. The summed E-state index contributed by atoms with van der Waals surface area (Å²) >= 11 is 0. The molecule has 0 saturated carbocycles. The van der Waals surface area contributed by atoms with Gasteiger partial charge in [0.15, 0.2) is 6.61 Å². The van der Waals surface area contributed by atoms with Crippen LogP contribution in [0.15, 0.2) is 60.9 Å². The maximum atomic E-state index is 12.7. The van der Waals surface area contributed by atoms with Gasteiger partial charge in [-0.2, -0.15) is 0 Å². The number of ether oxygens (including phenoxy) is 2. The molecule has 3 rings (SSSR count). The molecule has 0 saturated heterocycles. The van der Waals surface area contributed by atoms with Crippen LogP contribution in [0.2, 0.25) is 0 Å². The molecule has 2 aromatic carbocycles. The van der Waals surface area contributed by atoms with Crippen LogP contribution in [0, 0.1) is 0 Å². The Bertz CT molecular complexity index is 987. The maximum absolute atomic E-state index is 12.7. The van der Waals surface area contributed by atoms with Gasteiger partial charge in [-0.05, 0) is 40.8 Å². The number of hydrogen-bond donors (Lipinski definition) is 1. The summed E-state index contributed by atoms with van der Waals surface area (Å²) in [6.45, 7) is 6.39. The highest BCUT2D eigenvalue weighted by Gasteiger charge is 2.21. The minimum atomic E-state index is -0.417. The lowest BCUT2D eigenvalue weighted by atomic mass is 9.87. The van der Waals surface area contributed by atoms with Crippen LogP contribution in [0.25, 0.3) is 0 Å². The first-order chi connectivity index (χ1) is 14.3. The number of carbonyl (C=O) groups is 1. The maximum Gasteiger partial charge on any atom is 0.258 e. The Kier molecular flexibility index (Phi) is 6.45. The average molecular weight is 408 g/mol. The van der Waals surface area contributed by atoms with Crippen molar-refractivity contribution < 1.29 is 14.3 Å². The Morgan fingerprint density at radius 2 is 1.87 bits per heavy atom. The van der Waals surface area contributed by atoms with E-state index < -0.39 is 6.04 Å². The number of aromatic nitrogens is 2. The first-order valence-electron chi connectivity index (χ1n) is 9.92. The molecule has 1 N–H and O–H groups in total. The quantitative estimate of drug-likeness (QED) is 0.643. The van der Waals surface area contributed by atoms with E-state index in [4.69, 9.17) is 9.47 Å². The second-order valence-electron chi connectivity index (χ2n) is 8.24. The molecule has 0 aliphatic carbocycles. The molecule has 1 heterocycles. The van der Waals surface area contributed by atoms with E-state index in [1.807, 2.05) is 66.3 Å². The molecule has 3 aromatic rings. The number of benzene rings is 2. The lowest BCUT2D eigenvalue weighted by Crippen LogP contribution is -2.34. The number of imidazole rings is 1. The summed E-state index contributed by atoms with van der Waals surface area (Å²) in [4.78, 5) is 17.1. The summed E-state index contributed by atoms with van der Waals surface area (Å²) in [5.41, 5.74) is 2.17. The molecule has 1 atom stereocenters. The van der Waals surface area contributed by atoms with Crippen LogP contribution >= 0.6 is 0 Å². The van der Waals surface area contributed by atoms with Gasteiger partial charge in [0.25, 0.3) is 5.91 Å². The predicted octanol–water partition coefficient (Wildman–Crippen LogP) is 4.01. The van der Waals surface area contributed by atoms with Gasteiger partial charge >= 0.3 is 0 Å². The number of methoxy groups -OCH3 is 1. The first-order valence-corrected chi connectivity index (χ1v) is 9.92. The fourth-order valence-electron chi connectivity index (χ4n) is 3.18. The Morgan fingerprint density at radius 3 is 2.47 bits per heavy atom. The third-order valence-corrected chi connectivity index (χ3v) is 4.94. The number of aryl methyl sites for hydroxylation is 1. The van der Waals surface area contributed by atoms with Crippen molar-refractivity contribution in [2.45, 2.75) is 32.2 Å². The second kappa shape index (κ2) is 9.03. The zero-order valence-electron chi connectivity index (χ0n) is 18.2. The highest BCUT2D eigenvalue weighted by molar-refractivity contribution is 5.78. The third-order valence-electron chi connectivity index (χ3n) is 4.94. The van der Waals surface area contributed by atoms with Gasteiger partial charge in [0.05, 0.1) is 7.11 Å². The Balaban J connectivity index is 1.71. The molecule has 6 heteroatoms. The van der Waals surface area contributed by atoms with E-state index in [0.29, 0.717) is 5.75 Å². The van der Waals surface area contributed by atoms with Gasteiger partial charge in [-0.15, -0.1) is 0 Å². The van der Waals surface area contributed by atoms with Gasteiger partial charge in [0.2, 0.25) is 0 Å². The molecule has 0 radical (unpaired) electrons. The number of nitrogens with one attached hydrogen (secondary N) is 1. The van der Waals surface area contributed by atoms with Crippen molar-refractivity contribution >= 4 is 5.91 Å². The molecular formula is C24H29N3O3. The van der Waals surface area contributed by atoms with E-state index in [9.17, 15) is 4.79 Å². The standard InChI is InChI=1S/C24H29N3O3/c1-24(2,3)18-9-11-19(12-10-18)30-16-21(28)26-22(23-25-13-14-27(23)4)17-7-6-8-20(15-17)29-5/h6-15,22H,16H2,1-5H3,(H,26,28)/t22-/m0/s1. The SMILES string of the molecule is COc1cccc([C@H](NC(=O)COc2ccc(C(C)(C)C)cc2)c2nccn2C)c1. The minimum absolute atomic E-state index is 0.0714. The van der Waals surface area contributed by atoms with E-state index in [1.165, 1.54) is 5.56 Å². The lowest BCUT2D eigenvalue weighted by Gasteiger charge is -2.20. The summed E-state index contributed by atoms with van der Waals surface area (Å²) in [6.07, 6.45) is 3.56. The van der Waals surface area contributed by atoms with Gasteiger partial charge in [-0.1, -0.05) is 45.0 Å². The lowest BCUT2D eigenvalue weighted by molar-refractivity contribution is -0.123. The van der Waals surface area contributed by atoms with Gasteiger partial charge in [0.1, 0.15) is 23.4 Å². The highest BCUT2D eigenvalue weighted by atomic mass is 16.5. The predicted molar refractivity (Wildman–Crippen MR) is 117 cm³/mol. The largest absolute Gasteiger partial charge is 0.497 e. The van der Waals surface area contributed by atoms with E-state index >= 15 is 0 Å². The normalized spacial score (nSPS) is 12.3. The fourth-order valence-corrected chi connectivity index (χ4v) is 3.18. The van der Waals surface area contributed by atoms with Crippen molar-refractivity contribution in [3.8, 4) is 11.5 Å². The molecule has 0 fully saturated rings. The van der Waals surface area contributed by atoms with Crippen LogP contribution in [-0.2, 0) is 17.3 Å². The second-order valence-corrected chi connectivity index (χ2v) is 8.24. The Hall–Kier alpha value is -3.28. The summed E-state index contributed by atoms with van der Waals surface area (Å²) in [6, 6.07) is 15.0. The van der Waals surface area contributed by atoms with Gasteiger partial charge in [-0.25, -0.2) is 4.98 Å². The summed E-state index contributed by atoms with van der Waals surface area (Å²) in [5.74, 6) is 1.88. The van der Waals surface area contributed by atoms with Crippen LogP contribution in [0.1, 0.15) is 43.8 Å². The van der Waals surface area contributed by atoms with E-state index in [1.54, 1.807) is 13.3 Å². The number of nitrogens with zero attached hydrogens (tertiary/aromatic N) is 2. The van der Waals surface area contributed by atoms with Crippen LogP contribution in [0.5, 0.6) is 11.5 Å². The monoisotopic (exact) mass is 407 g/mol. The topological polar surface area (TPSA) is 65.4 Å². The zero-order chi connectivity index (χ0) is 21.7. The van der Waals surface area contributed by atoms with Crippen LogP contribution in [0.4, 0.5) is 0 Å². The first kappa shape index (κ1) is 21.4. The molecular weight excluding hydrogens is 378 g/mol. The number of rotatable bonds is 7. The van der Waals surface area contributed by atoms with Crippen LogP contribution in [-0.4, -0.2) is 29.2 Å². The number of hydrogen-bond acceptors (Lipinski definition) is 4. The summed E-state index contributed by atoms with van der Waals surface area (Å²) in [7, 11) is 3.52. The van der Waals surface area contributed by atoms with Crippen molar-refractivity contribution in [3.63, 3.8) is 0 Å². The smallest absolute Gasteiger partial charge is 0.258 e. The Morgan fingerprint density at radius 1 is 1.13 bits per heavy atom. The van der Waals surface area contributed by atoms with Gasteiger partial charge < -0.3 is 19.4 Å². The van der Waals surface area contributed by atoms with Crippen LogP contribution in [0.3, 0.4) is 0 Å². The van der Waals surface area contributed by atoms with Crippen LogP contribution < -0.4 is 14.8 Å². The van der Waals surface area contributed by atoms with Crippen molar-refractivity contribution in [1.82, 2.24) is 14.9 Å². The van der Waals surface area contributed by atoms with Crippen molar-refractivity contribution in [3.05, 3.63) is 77.9 Å². The summed E-state index contributed by atoms with van der Waals surface area (Å²) < 4.78 is 12.9. The molecule has 1 aromatic heterocycles. The van der Waals surface area contributed by atoms with Gasteiger partial charge in [-0.3, -0.25) is 4.79 Å². The van der Waals surface area contributed by atoms with Crippen molar-refractivity contribution in [2.24, 2.45) is 7.05 Å². The molecule has 0 spiro atoms. The average Bonchev–Trinajstić information content (AvgIpc) is 3.15. The van der Waals surface area contributed by atoms with Crippen molar-refractivity contribution in [2.75, 3.05) is 13.7 Å². The number of carbonyl (C=O) groups excluding carboxylic acids is 1. The fraction of sp³-hybridized carbons (Fsp3) is 0.333. The molecule has 0 unspecified atom stereocenters. The van der Waals surface area contributed by atoms with E-state index in [0.717, 1.165) is 17.1 Å². The molecule has 0 aliphatic heterocycles. The summed E-state index contributed by atoms with van der Waals surface area (Å²) in [5, 5.41) is 3.03. The highest BCUT2D eigenvalue weighted by Crippen LogP contribution is 2.25. The molecule has 1 amide bonds. The van der Waals surface area contributed by atoms with E-state index in [2.05, 4.69) is 31.1 Å². The molecule has 0 bridgehead atoms. The zero-order valence-corrected chi connectivity index (χ0v) is 18.2. The molecule has 6 nitrogen and oxygen atoms in total. The third kappa shape index (κ3) is 5.20.